The summed E-state index contributed by atoms with van der Waals surface area (Å²) in [6, 6.07) is 0. The summed E-state index contributed by atoms with van der Waals surface area (Å²) in [5.41, 5.74) is 0. The highest BCUT2D eigenvalue weighted by Crippen LogP contribution is 2.17. The third-order valence-electron chi connectivity index (χ3n) is 2.39. The van der Waals surface area contributed by atoms with E-state index in [1.54, 1.807) is 0 Å². The Morgan fingerprint density at radius 1 is 1.77 bits per heavy atom. The molecular weight excluding hydrogens is 164 g/mol. The number of likely N-dealkylation sites (tertiary alicyclic amines) is 1. The van der Waals surface area contributed by atoms with E-state index in [4.69, 9.17) is 0 Å². The molecule has 0 aromatic carbocycles. The summed E-state index contributed by atoms with van der Waals surface area (Å²) >= 11 is 0. The molecule has 3 nitrogen and oxygen atoms in total. The lowest BCUT2D eigenvalue weighted by Gasteiger charge is -2.15. The van der Waals surface area contributed by atoms with Crippen LogP contribution in [0.1, 0.15) is 13.3 Å². The van der Waals surface area contributed by atoms with Gasteiger partial charge in [-0.3, -0.25) is 4.79 Å². The van der Waals surface area contributed by atoms with E-state index in [0.717, 1.165) is 26.2 Å². The minimum Gasteiger partial charge on any atom is -0.341 e. The third kappa shape index (κ3) is 2.84. The van der Waals surface area contributed by atoms with Crippen LogP contribution in [0, 0.1) is 5.92 Å². The molecule has 0 bridgehead atoms. The number of carbonyl (C=O) groups is 1. The lowest BCUT2D eigenvalue weighted by Crippen LogP contribution is -2.33. The predicted molar refractivity (Wildman–Crippen MR) is 53.4 cm³/mol. The number of likely N-dealkylation sites (N-methyl/N-ethyl adjacent to an activating group) is 1. The lowest BCUT2D eigenvalue weighted by atomic mass is 10.1. The Bertz CT molecular complexity index is 191. The van der Waals surface area contributed by atoms with E-state index in [0.29, 0.717) is 12.3 Å². The van der Waals surface area contributed by atoms with Gasteiger partial charge in [-0.15, -0.1) is 6.58 Å². The van der Waals surface area contributed by atoms with Gasteiger partial charge in [0.2, 0.25) is 5.91 Å². The first kappa shape index (κ1) is 10.3. The average Bonchev–Trinajstić information content (AvgIpc) is 2.48. The van der Waals surface area contributed by atoms with Gasteiger partial charge in [-0.05, 0) is 6.54 Å². The van der Waals surface area contributed by atoms with Gasteiger partial charge in [-0.2, -0.15) is 0 Å². The van der Waals surface area contributed by atoms with Crippen LogP contribution in [0.4, 0.5) is 0 Å². The maximum absolute atomic E-state index is 11.4. The number of amides is 1. The molecule has 1 amide bonds. The molecule has 1 atom stereocenters. The maximum Gasteiger partial charge on any atom is 0.223 e. The van der Waals surface area contributed by atoms with Gasteiger partial charge in [-0.1, -0.05) is 13.0 Å². The molecule has 0 radical (unpaired) electrons. The van der Waals surface area contributed by atoms with Crippen LogP contribution in [0.3, 0.4) is 0 Å². The smallest absolute Gasteiger partial charge is 0.223 e. The zero-order chi connectivity index (χ0) is 9.68. The molecule has 1 aliphatic rings. The Hall–Kier alpha value is -0.830. The molecule has 1 fully saturated rings. The molecule has 13 heavy (non-hydrogen) atoms. The van der Waals surface area contributed by atoms with Gasteiger partial charge in [0.15, 0.2) is 0 Å². The molecule has 0 aromatic rings. The second kappa shape index (κ2) is 5.02. The van der Waals surface area contributed by atoms with Crippen molar-refractivity contribution in [2.75, 3.05) is 26.2 Å². The predicted octanol–water partition coefficient (Wildman–Crippen LogP) is 0.630. The van der Waals surface area contributed by atoms with Gasteiger partial charge in [0, 0.05) is 32.0 Å². The molecule has 1 unspecified atom stereocenters. The zero-order valence-electron chi connectivity index (χ0n) is 8.25. The second-order valence-corrected chi connectivity index (χ2v) is 3.39. The van der Waals surface area contributed by atoms with Gasteiger partial charge >= 0.3 is 0 Å². The van der Waals surface area contributed by atoms with Gasteiger partial charge in [0.05, 0.1) is 0 Å². The van der Waals surface area contributed by atoms with E-state index in [-0.39, 0.29) is 5.91 Å². The molecule has 1 aliphatic heterocycles. The summed E-state index contributed by atoms with van der Waals surface area (Å²) in [6.07, 6.45) is 2.53. The Balaban J connectivity index is 2.26. The average molecular weight is 182 g/mol. The van der Waals surface area contributed by atoms with Crippen LogP contribution in [0.15, 0.2) is 12.7 Å². The number of hydrogen-bond donors (Lipinski definition) is 1. The van der Waals surface area contributed by atoms with Crippen molar-refractivity contribution >= 4 is 5.91 Å². The van der Waals surface area contributed by atoms with E-state index < -0.39 is 0 Å². The Morgan fingerprint density at radius 2 is 2.54 bits per heavy atom. The van der Waals surface area contributed by atoms with Crippen molar-refractivity contribution in [1.82, 2.24) is 10.2 Å². The molecule has 1 saturated heterocycles. The fourth-order valence-corrected chi connectivity index (χ4v) is 1.57. The maximum atomic E-state index is 11.4. The summed E-state index contributed by atoms with van der Waals surface area (Å²) in [5, 5.41) is 3.21. The number of carbonyl (C=O) groups excluding carboxylic acids is 1. The number of nitrogens with one attached hydrogen (secondary N) is 1. The van der Waals surface area contributed by atoms with E-state index in [1.807, 2.05) is 11.0 Å². The zero-order valence-corrected chi connectivity index (χ0v) is 8.25. The molecule has 3 heteroatoms. The Morgan fingerprint density at radius 3 is 3.08 bits per heavy atom. The fourth-order valence-electron chi connectivity index (χ4n) is 1.57. The van der Waals surface area contributed by atoms with E-state index in [2.05, 4.69) is 18.8 Å². The molecule has 1 N–H and O–H groups in total. The monoisotopic (exact) mass is 182 g/mol. The van der Waals surface area contributed by atoms with E-state index >= 15 is 0 Å². The second-order valence-electron chi connectivity index (χ2n) is 3.39. The molecule has 0 aromatic heterocycles. The highest BCUT2D eigenvalue weighted by molar-refractivity contribution is 5.78. The summed E-state index contributed by atoms with van der Waals surface area (Å²) in [6.45, 7) is 9.33. The number of nitrogens with zero attached hydrogens (tertiary/aromatic N) is 1. The van der Waals surface area contributed by atoms with Crippen molar-refractivity contribution < 1.29 is 4.79 Å². The van der Waals surface area contributed by atoms with Crippen LogP contribution in [-0.2, 0) is 4.79 Å². The first-order chi connectivity index (χ1) is 6.27. The van der Waals surface area contributed by atoms with Gasteiger partial charge in [-0.25, -0.2) is 0 Å². The summed E-state index contributed by atoms with van der Waals surface area (Å²) in [5.74, 6) is 0.636. The van der Waals surface area contributed by atoms with Crippen LogP contribution in [0.5, 0.6) is 0 Å². The highest BCUT2D eigenvalue weighted by atomic mass is 16.2. The fraction of sp³-hybridized carbons (Fsp3) is 0.700. The normalized spacial score (nSPS) is 22.4. The van der Waals surface area contributed by atoms with Crippen molar-refractivity contribution in [2.24, 2.45) is 5.92 Å². The van der Waals surface area contributed by atoms with Crippen molar-refractivity contribution in [3.8, 4) is 0 Å². The quantitative estimate of drug-likeness (QED) is 0.499. The molecular formula is C10H18N2O. The van der Waals surface area contributed by atoms with Gasteiger partial charge in [0.1, 0.15) is 0 Å². The Kier molecular flexibility index (Phi) is 3.96. The van der Waals surface area contributed by atoms with Gasteiger partial charge in [0.25, 0.3) is 0 Å². The SMILES string of the molecule is C=CC1CC(=O)N(CCNCC)C1. The number of hydrogen-bond acceptors (Lipinski definition) is 2. The minimum absolute atomic E-state index is 0.266. The van der Waals surface area contributed by atoms with Crippen molar-refractivity contribution in [3.05, 3.63) is 12.7 Å². The largest absolute Gasteiger partial charge is 0.341 e. The molecule has 1 heterocycles. The third-order valence-corrected chi connectivity index (χ3v) is 2.39. The highest BCUT2D eigenvalue weighted by Gasteiger charge is 2.26. The standard InChI is InChI=1S/C10H18N2O/c1-3-9-7-10(13)12(8-9)6-5-11-4-2/h3,9,11H,1,4-8H2,2H3. The first-order valence-electron chi connectivity index (χ1n) is 4.89. The molecule has 0 spiro atoms. The van der Waals surface area contributed by atoms with Crippen LogP contribution < -0.4 is 5.32 Å². The Labute approximate surface area is 79.8 Å². The van der Waals surface area contributed by atoms with E-state index in [1.165, 1.54) is 0 Å². The van der Waals surface area contributed by atoms with Crippen LogP contribution >= 0.6 is 0 Å². The topological polar surface area (TPSA) is 32.3 Å². The summed E-state index contributed by atoms with van der Waals surface area (Å²) in [4.78, 5) is 13.3. The molecule has 1 rings (SSSR count). The minimum atomic E-state index is 0.266. The van der Waals surface area contributed by atoms with Crippen molar-refractivity contribution in [3.63, 3.8) is 0 Å². The van der Waals surface area contributed by atoms with Crippen LogP contribution in [0.25, 0.3) is 0 Å². The van der Waals surface area contributed by atoms with Crippen molar-refractivity contribution in [2.45, 2.75) is 13.3 Å². The molecule has 0 saturated carbocycles. The summed E-state index contributed by atoms with van der Waals surface area (Å²) < 4.78 is 0. The summed E-state index contributed by atoms with van der Waals surface area (Å²) in [7, 11) is 0. The van der Waals surface area contributed by atoms with Crippen LogP contribution in [0.2, 0.25) is 0 Å². The molecule has 0 aliphatic carbocycles. The lowest BCUT2D eigenvalue weighted by molar-refractivity contribution is -0.127. The van der Waals surface area contributed by atoms with E-state index in [9.17, 15) is 4.79 Å². The molecule has 74 valence electrons. The number of rotatable bonds is 5. The first-order valence-corrected chi connectivity index (χ1v) is 4.89. The van der Waals surface area contributed by atoms with Gasteiger partial charge < -0.3 is 10.2 Å². The van der Waals surface area contributed by atoms with Crippen molar-refractivity contribution in [1.29, 1.82) is 0 Å². The van der Waals surface area contributed by atoms with Crippen LogP contribution in [-0.4, -0.2) is 37.0 Å².